The van der Waals surface area contributed by atoms with E-state index in [0.29, 0.717) is 35.1 Å². The molecule has 42 heavy (non-hydrogen) atoms. The normalized spacial score (nSPS) is 15.9. The molecular weight excluding hydrogens is 571 g/mol. The van der Waals surface area contributed by atoms with Crippen molar-refractivity contribution in [2.45, 2.75) is 38.0 Å². The number of carbonyl (C=O) groups excluding carboxylic acids is 1. The topological polar surface area (TPSA) is 110 Å². The zero-order valence-corrected chi connectivity index (χ0v) is 23.1. The molecule has 1 saturated heterocycles. The van der Waals surface area contributed by atoms with Crippen molar-refractivity contribution in [1.82, 2.24) is 45.2 Å². The second-order valence-electron chi connectivity index (χ2n) is 10.5. The second kappa shape index (κ2) is 10.9. The SMILES string of the molecule is Cl.O=C(N1CCc2ccc(-n3cc(-c4n[nH]c5ccc(-c6cnn(C7CCNCC7)c6)cc45)nn3)cc2C1)C(F)(F)F. The van der Waals surface area contributed by atoms with Crippen LogP contribution < -0.4 is 5.32 Å². The third-order valence-corrected chi connectivity index (χ3v) is 7.91. The van der Waals surface area contributed by atoms with Gasteiger partial charge in [-0.2, -0.15) is 23.4 Å². The fourth-order valence-corrected chi connectivity index (χ4v) is 5.68. The maximum Gasteiger partial charge on any atom is 0.471 e. The smallest absolute Gasteiger partial charge is 0.330 e. The Balaban J connectivity index is 0.00000316. The summed E-state index contributed by atoms with van der Waals surface area (Å²) in [6.45, 7) is 1.91. The molecule has 5 heterocycles. The maximum absolute atomic E-state index is 13.0. The van der Waals surface area contributed by atoms with Crippen molar-refractivity contribution in [3.63, 3.8) is 0 Å². The van der Waals surface area contributed by atoms with Crippen LogP contribution in [0.1, 0.15) is 30.0 Å². The number of halogens is 4. The molecule has 2 N–H and O–H groups in total. The molecule has 2 aliphatic rings. The number of nitrogens with one attached hydrogen (secondary N) is 2. The lowest BCUT2D eigenvalue weighted by atomic mass is 9.99. The Hall–Kier alpha value is -4.23. The van der Waals surface area contributed by atoms with E-state index in [1.54, 1.807) is 16.9 Å². The number of aromatic nitrogens is 7. The number of aromatic amines is 1. The second-order valence-corrected chi connectivity index (χ2v) is 10.5. The van der Waals surface area contributed by atoms with Crippen LogP contribution in [0.3, 0.4) is 0 Å². The van der Waals surface area contributed by atoms with Gasteiger partial charge in [-0.15, -0.1) is 17.5 Å². The summed E-state index contributed by atoms with van der Waals surface area (Å²) >= 11 is 0. The highest BCUT2D eigenvalue weighted by Gasteiger charge is 2.43. The van der Waals surface area contributed by atoms with Crippen LogP contribution in [0, 0.1) is 0 Å². The van der Waals surface area contributed by atoms with Crippen LogP contribution in [0.25, 0.3) is 39.1 Å². The fourth-order valence-electron chi connectivity index (χ4n) is 5.68. The minimum absolute atomic E-state index is 0. The van der Waals surface area contributed by atoms with Crippen molar-refractivity contribution < 1.29 is 18.0 Å². The monoisotopic (exact) mass is 597 g/mol. The van der Waals surface area contributed by atoms with Crippen molar-refractivity contribution in [3.8, 4) is 28.2 Å². The zero-order chi connectivity index (χ0) is 28.1. The molecule has 1 amide bonds. The third kappa shape index (κ3) is 5.13. The lowest BCUT2D eigenvalue weighted by Gasteiger charge is -2.29. The lowest BCUT2D eigenvalue weighted by Crippen LogP contribution is -2.43. The van der Waals surface area contributed by atoms with E-state index in [0.717, 1.165) is 58.4 Å². The van der Waals surface area contributed by atoms with Gasteiger partial charge < -0.3 is 10.2 Å². The molecule has 0 saturated carbocycles. The number of nitrogens with zero attached hydrogens (tertiary/aromatic N) is 7. The molecule has 2 aliphatic heterocycles. The predicted octanol–water partition coefficient (Wildman–Crippen LogP) is 4.47. The Bertz CT molecular complexity index is 1750. The summed E-state index contributed by atoms with van der Waals surface area (Å²) in [5.74, 6) is -1.82. The van der Waals surface area contributed by atoms with Crippen molar-refractivity contribution in [2.75, 3.05) is 19.6 Å². The van der Waals surface area contributed by atoms with Gasteiger partial charge in [0.25, 0.3) is 0 Å². The van der Waals surface area contributed by atoms with Gasteiger partial charge in [0, 0.05) is 30.2 Å². The molecule has 0 spiro atoms. The van der Waals surface area contributed by atoms with Crippen LogP contribution in [-0.2, 0) is 17.8 Å². The standard InChI is InChI=1S/C28H26F3N9O.ClH/c29-28(30,31)27(41)38-10-7-17-1-3-22(11-19(17)14-38)40-16-25(35-37-40)26-23-12-18(2-4-24(23)34-36-26)20-13-33-39(15-20)21-5-8-32-9-6-21;/h1-4,11-13,15-16,21,32H,5-10,14H2,(H,34,36);1H. The molecule has 5 aromatic rings. The summed E-state index contributed by atoms with van der Waals surface area (Å²) in [6.07, 6.45) is 3.28. The minimum atomic E-state index is -4.89. The number of piperidine rings is 1. The van der Waals surface area contributed by atoms with Gasteiger partial charge in [-0.3, -0.25) is 14.6 Å². The van der Waals surface area contributed by atoms with E-state index in [2.05, 4.69) is 47.9 Å². The number of hydrogen-bond donors (Lipinski definition) is 2. The summed E-state index contributed by atoms with van der Waals surface area (Å²) in [4.78, 5) is 12.6. The first-order chi connectivity index (χ1) is 19.8. The highest BCUT2D eigenvalue weighted by molar-refractivity contribution is 5.94. The highest BCUT2D eigenvalue weighted by Crippen LogP contribution is 2.31. The number of H-pyrrole nitrogens is 1. The number of carbonyl (C=O) groups is 1. The highest BCUT2D eigenvalue weighted by atomic mass is 35.5. The summed E-state index contributed by atoms with van der Waals surface area (Å²) in [5.41, 5.74) is 6.28. The molecular formula is C28H27ClF3N9O. The quantitative estimate of drug-likeness (QED) is 0.316. The lowest BCUT2D eigenvalue weighted by molar-refractivity contribution is -0.186. The Labute approximate surface area is 244 Å². The molecule has 0 bridgehead atoms. The Kier molecular flexibility index (Phi) is 7.23. The Morgan fingerprint density at radius 2 is 1.83 bits per heavy atom. The molecule has 0 atom stereocenters. The first-order valence-corrected chi connectivity index (χ1v) is 13.5. The van der Waals surface area contributed by atoms with Crippen LogP contribution in [0.4, 0.5) is 13.2 Å². The van der Waals surface area contributed by atoms with E-state index in [4.69, 9.17) is 0 Å². The molecule has 7 rings (SSSR count). The minimum Gasteiger partial charge on any atom is -0.330 e. The van der Waals surface area contributed by atoms with Gasteiger partial charge in [0.05, 0.1) is 29.6 Å². The molecule has 218 valence electrons. The van der Waals surface area contributed by atoms with Crippen LogP contribution in [0.15, 0.2) is 55.0 Å². The number of fused-ring (bicyclic) bond motifs is 2. The van der Waals surface area contributed by atoms with E-state index < -0.39 is 12.1 Å². The third-order valence-electron chi connectivity index (χ3n) is 7.91. The van der Waals surface area contributed by atoms with Gasteiger partial charge in [0.15, 0.2) is 0 Å². The largest absolute Gasteiger partial charge is 0.471 e. The molecule has 0 unspecified atom stereocenters. The molecule has 3 aromatic heterocycles. The number of alkyl halides is 3. The van der Waals surface area contributed by atoms with Crippen molar-refractivity contribution in [3.05, 3.63) is 66.1 Å². The number of benzene rings is 2. The van der Waals surface area contributed by atoms with Crippen LogP contribution in [0.2, 0.25) is 0 Å². The van der Waals surface area contributed by atoms with Crippen LogP contribution in [0.5, 0.6) is 0 Å². The summed E-state index contributed by atoms with van der Waals surface area (Å²) < 4.78 is 42.5. The van der Waals surface area contributed by atoms with Crippen LogP contribution in [-0.4, -0.2) is 71.6 Å². The predicted molar refractivity (Wildman–Crippen MR) is 151 cm³/mol. The van der Waals surface area contributed by atoms with E-state index in [9.17, 15) is 18.0 Å². The van der Waals surface area contributed by atoms with Crippen molar-refractivity contribution in [1.29, 1.82) is 0 Å². The summed E-state index contributed by atoms with van der Waals surface area (Å²) in [5, 5.41) is 25.0. The first-order valence-electron chi connectivity index (χ1n) is 13.5. The molecule has 10 nitrogen and oxygen atoms in total. The number of hydrogen-bond acceptors (Lipinski definition) is 6. The Morgan fingerprint density at radius 3 is 2.64 bits per heavy atom. The van der Waals surface area contributed by atoms with Gasteiger partial charge in [-0.05, 0) is 73.3 Å². The van der Waals surface area contributed by atoms with Crippen molar-refractivity contribution in [2.24, 2.45) is 0 Å². The fraction of sp³-hybridized carbons (Fsp3) is 0.321. The van der Waals surface area contributed by atoms with E-state index in [1.807, 2.05) is 30.5 Å². The van der Waals surface area contributed by atoms with Crippen LogP contribution >= 0.6 is 12.4 Å². The average Bonchev–Trinajstić information content (AvgIpc) is 3.75. The average molecular weight is 598 g/mol. The maximum atomic E-state index is 13.0. The summed E-state index contributed by atoms with van der Waals surface area (Å²) in [7, 11) is 0. The van der Waals surface area contributed by atoms with Crippen molar-refractivity contribution >= 4 is 29.2 Å². The molecule has 14 heteroatoms. The number of rotatable bonds is 4. The molecule has 0 radical (unpaired) electrons. The van der Waals surface area contributed by atoms with E-state index in [-0.39, 0.29) is 25.5 Å². The molecule has 1 fully saturated rings. The van der Waals surface area contributed by atoms with Gasteiger partial charge in [-0.1, -0.05) is 17.3 Å². The zero-order valence-electron chi connectivity index (χ0n) is 22.3. The number of amides is 1. The Morgan fingerprint density at radius 1 is 1.00 bits per heavy atom. The first kappa shape index (κ1) is 27.9. The summed E-state index contributed by atoms with van der Waals surface area (Å²) in [6, 6.07) is 11.9. The van der Waals surface area contributed by atoms with Gasteiger partial charge in [0.1, 0.15) is 11.4 Å². The van der Waals surface area contributed by atoms with Gasteiger partial charge in [-0.25, -0.2) is 4.68 Å². The molecule has 2 aromatic carbocycles. The van der Waals surface area contributed by atoms with E-state index in [1.165, 1.54) is 0 Å². The van der Waals surface area contributed by atoms with Gasteiger partial charge in [0.2, 0.25) is 0 Å². The van der Waals surface area contributed by atoms with E-state index >= 15 is 0 Å². The van der Waals surface area contributed by atoms with Gasteiger partial charge >= 0.3 is 12.1 Å². The molecule has 0 aliphatic carbocycles.